The van der Waals surface area contributed by atoms with Gasteiger partial charge in [-0.05, 0) is 48.9 Å². The lowest BCUT2D eigenvalue weighted by Gasteiger charge is -2.10. The Morgan fingerprint density at radius 1 is 1.05 bits per heavy atom. The summed E-state index contributed by atoms with van der Waals surface area (Å²) in [5.41, 5.74) is -0.623. The molecule has 0 saturated heterocycles. The molecule has 0 amide bonds. The van der Waals surface area contributed by atoms with Gasteiger partial charge in [-0.3, -0.25) is 4.79 Å². The highest BCUT2D eigenvalue weighted by atomic mass is 79.9. The van der Waals surface area contributed by atoms with Gasteiger partial charge in [-0.25, -0.2) is 4.39 Å². The Kier molecular flexibility index (Phi) is 4.18. The van der Waals surface area contributed by atoms with Crippen LogP contribution in [0.3, 0.4) is 0 Å². The zero-order valence-corrected chi connectivity index (χ0v) is 12.3. The Labute approximate surface area is 126 Å². The third kappa shape index (κ3) is 3.32. The van der Waals surface area contributed by atoms with E-state index in [1.54, 1.807) is 19.1 Å². The van der Waals surface area contributed by atoms with Crippen molar-refractivity contribution in [2.45, 2.75) is 13.1 Å². The van der Waals surface area contributed by atoms with Crippen molar-refractivity contribution in [2.75, 3.05) is 0 Å². The normalized spacial score (nSPS) is 11.5. The first kappa shape index (κ1) is 15.7. The van der Waals surface area contributed by atoms with Gasteiger partial charge in [0.25, 0.3) is 0 Å². The van der Waals surface area contributed by atoms with E-state index in [4.69, 9.17) is 0 Å². The largest absolute Gasteiger partial charge is 0.419 e. The van der Waals surface area contributed by atoms with Crippen LogP contribution in [0.25, 0.3) is 0 Å². The van der Waals surface area contributed by atoms with E-state index in [2.05, 4.69) is 15.9 Å². The average Bonchev–Trinajstić information content (AvgIpc) is 2.40. The molecule has 0 unspecified atom stereocenters. The number of hydrogen-bond donors (Lipinski definition) is 0. The minimum absolute atomic E-state index is 0.203. The second-order valence-electron chi connectivity index (χ2n) is 4.49. The molecule has 6 heteroatoms. The summed E-state index contributed by atoms with van der Waals surface area (Å²) in [5, 5.41) is 0. The lowest BCUT2D eigenvalue weighted by molar-refractivity contribution is -0.140. The van der Waals surface area contributed by atoms with E-state index >= 15 is 0 Å². The molecule has 0 bridgehead atoms. The first-order valence-corrected chi connectivity index (χ1v) is 6.67. The number of benzene rings is 2. The lowest BCUT2D eigenvalue weighted by Crippen LogP contribution is -2.11. The van der Waals surface area contributed by atoms with Crippen molar-refractivity contribution in [2.24, 2.45) is 0 Å². The zero-order chi connectivity index (χ0) is 15.8. The van der Waals surface area contributed by atoms with Crippen LogP contribution >= 0.6 is 15.9 Å². The topological polar surface area (TPSA) is 17.1 Å². The van der Waals surface area contributed by atoms with Gasteiger partial charge in [0.15, 0.2) is 5.78 Å². The summed E-state index contributed by atoms with van der Waals surface area (Å²) in [5.74, 6) is -1.98. The lowest BCUT2D eigenvalue weighted by atomic mass is 9.99. The number of rotatable bonds is 2. The highest BCUT2D eigenvalue weighted by molar-refractivity contribution is 9.10. The second kappa shape index (κ2) is 5.60. The molecule has 0 aliphatic heterocycles. The van der Waals surface area contributed by atoms with Crippen LogP contribution in [-0.2, 0) is 6.18 Å². The molecular weight excluding hydrogens is 352 g/mol. The predicted octanol–water partition coefficient (Wildman–Crippen LogP) is 5.15. The third-order valence-corrected chi connectivity index (χ3v) is 3.84. The molecule has 0 radical (unpaired) electrons. The van der Waals surface area contributed by atoms with E-state index in [1.807, 2.05) is 0 Å². The summed E-state index contributed by atoms with van der Waals surface area (Å²) in [6.45, 7) is 1.76. The number of halogens is 5. The van der Waals surface area contributed by atoms with E-state index in [0.29, 0.717) is 12.1 Å². The number of carbonyl (C=O) groups excluding carboxylic acids is 1. The number of carbonyl (C=O) groups is 1. The molecule has 2 rings (SSSR count). The molecule has 2 aromatic rings. The highest BCUT2D eigenvalue weighted by Crippen LogP contribution is 2.32. The van der Waals surface area contributed by atoms with E-state index < -0.39 is 23.3 Å². The molecule has 0 N–H and O–H groups in total. The maximum atomic E-state index is 13.2. The van der Waals surface area contributed by atoms with Crippen molar-refractivity contribution in [3.8, 4) is 0 Å². The van der Waals surface area contributed by atoms with Crippen LogP contribution in [0, 0.1) is 12.7 Å². The van der Waals surface area contributed by atoms with Crippen molar-refractivity contribution in [1.29, 1.82) is 0 Å². The van der Waals surface area contributed by atoms with Gasteiger partial charge in [0, 0.05) is 15.6 Å². The Hall–Kier alpha value is -1.69. The molecule has 1 nitrogen and oxygen atoms in total. The molecule has 2 aromatic carbocycles. The number of alkyl halides is 3. The van der Waals surface area contributed by atoms with Gasteiger partial charge < -0.3 is 0 Å². The van der Waals surface area contributed by atoms with E-state index in [1.165, 1.54) is 6.07 Å². The third-order valence-electron chi connectivity index (χ3n) is 2.95. The van der Waals surface area contributed by atoms with Crippen LogP contribution in [0.2, 0.25) is 0 Å². The van der Waals surface area contributed by atoms with E-state index in [-0.39, 0.29) is 11.1 Å². The molecule has 0 saturated carbocycles. The van der Waals surface area contributed by atoms with Crippen LogP contribution in [-0.4, -0.2) is 5.78 Å². The Morgan fingerprint density at radius 3 is 2.19 bits per heavy atom. The van der Waals surface area contributed by atoms with E-state index in [0.717, 1.165) is 16.1 Å². The Bertz CT molecular complexity index is 707. The molecule has 0 heterocycles. The van der Waals surface area contributed by atoms with Crippen molar-refractivity contribution in [3.63, 3.8) is 0 Å². The molecule has 21 heavy (non-hydrogen) atoms. The SMILES string of the molecule is Cc1cc(C(=O)c2ccc(F)c(C(F)(F)F)c2)ccc1Br. The second-order valence-corrected chi connectivity index (χ2v) is 5.34. The van der Waals surface area contributed by atoms with Crippen LogP contribution in [0.15, 0.2) is 40.9 Å². The van der Waals surface area contributed by atoms with Gasteiger partial charge in [-0.15, -0.1) is 0 Å². The molecule has 0 spiro atoms. The molecule has 0 fully saturated rings. The number of ketones is 1. The summed E-state index contributed by atoms with van der Waals surface area (Å²) >= 11 is 3.27. The smallest absolute Gasteiger partial charge is 0.289 e. The zero-order valence-electron chi connectivity index (χ0n) is 10.8. The van der Waals surface area contributed by atoms with Crippen LogP contribution in [0.4, 0.5) is 17.6 Å². The number of aryl methyl sites for hydroxylation is 1. The van der Waals surface area contributed by atoms with Gasteiger partial charge in [0.2, 0.25) is 0 Å². The quantitative estimate of drug-likeness (QED) is 0.534. The summed E-state index contributed by atoms with van der Waals surface area (Å²) in [6, 6.07) is 6.93. The summed E-state index contributed by atoms with van der Waals surface area (Å²) in [7, 11) is 0. The summed E-state index contributed by atoms with van der Waals surface area (Å²) in [6.07, 6.45) is -4.84. The van der Waals surface area contributed by atoms with Crippen LogP contribution in [0.5, 0.6) is 0 Å². The van der Waals surface area contributed by atoms with Gasteiger partial charge in [0.1, 0.15) is 5.82 Å². The van der Waals surface area contributed by atoms with Crippen molar-refractivity contribution >= 4 is 21.7 Å². The van der Waals surface area contributed by atoms with Crippen molar-refractivity contribution in [3.05, 3.63) is 68.9 Å². The fourth-order valence-corrected chi connectivity index (χ4v) is 2.08. The monoisotopic (exact) mass is 360 g/mol. The minimum atomic E-state index is -4.84. The maximum Gasteiger partial charge on any atom is 0.419 e. The fourth-order valence-electron chi connectivity index (χ4n) is 1.84. The molecule has 0 aliphatic carbocycles. The number of hydrogen-bond acceptors (Lipinski definition) is 1. The minimum Gasteiger partial charge on any atom is -0.289 e. The molecular formula is C15H9BrF4O. The molecule has 0 aliphatic rings. The van der Waals surface area contributed by atoms with Gasteiger partial charge in [0.05, 0.1) is 5.56 Å². The van der Waals surface area contributed by atoms with Crippen molar-refractivity contribution < 1.29 is 22.4 Å². The summed E-state index contributed by atoms with van der Waals surface area (Å²) in [4.78, 5) is 12.2. The van der Waals surface area contributed by atoms with Gasteiger partial charge >= 0.3 is 6.18 Å². The molecule has 110 valence electrons. The highest BCUT2D eigenvalue weighted by Gasteiger charge is 2.34. The van der Waals surface area contributed by atoms with Gasteiger partial charge in [-0.2, -0.15) is 13.2 Å². The maximum absolute atomic E-state index is 13.2. The van der Waals surface area contributed by atoms with Gasteiger partial charge in [-0.1, -0.05) is 15.9 Å². The first-order valence-electron chi connectivity index (χ1n) is 5.88. The predicted molar refractivity (Wildman–Crippen MR) is 73.7 cm³/mol. The Balaban J connectivity index is 2.46. The summed E-state index contributed by atoms with van der Waals surface area (Å²) < 4.78 is 52.0. The van der Waals surface area contributed by atoms with Crippen molar-refractivity contribution in [1.82, 2.24) is 0 Å². The van der Waals surface area contributed by atoms with E-state index in [9.17, 15) is 22.4 Å². The Morgan fingerprint density at radius 2 is 1.62 bits per heavy atom. The first-order chi connectivity index (χ1) is 9.70. The average molecular weight is 361 g/mol. The fraction of sp³-hybridized carbons (Fsp3) is 0.133. The van der Waals surface area contributed by atoms with Crippen LogP contribution in [0.1, 0.15) is 27.0 Å². The molecule has 0 atom stereocenters. The standard InChI is InChI=1S/C15H9BrF4O/c1-8-6-9(2-4-12(8)16)14(21)10-3-5-13(17)11(7-10)15(18,19)20/h2-7H,1H3. The van der Waals surface area contributed by atoms with Crippen LogP contribution < -0.4 is 0 Å². The molecule has 0 aromatic heterocycles.